The Kier molecular flexibility index (Phi) is 11.6. The first kappa shape index (κ1) is 31.5. The van der Waals surface area contributed by atoms with Gasteiger partial charge in [0.15, 0.2) is 0 Å². The first-order chi connectivity index (χ1) is 19.6. The largest absolute Gasteiger partial charge is 0.480 e. The molecule has 0 fully saturated rings. The summed E-state index contributed by atoms with van der Waals surface area (Å²) < 4.78 is 5.56. The number of aliphatic carboxylic acids is 1. The molecular formula is C31H41N5O5. The lowest BCUT2D eigenvalue weighted by Gasteiger charge is -2.31. The fourth-order valence-corrected chi connectivity index (χ4v) is 4.39. The van der Waals surface area contributed by atoms with Crippen molar-refractivity contribution >= 4 is 18.0 Å². The van der Waals surface area contributed by atoms with E-state index < -0.39 is 29.6 Å². The summed E-state index contributed by atoms with van der Waals surface area (Å²) in [4.78, 5) is 43.2. The molecule has 0 saturated heterocycles. The fourth-order valence-electron chi connectivity index (χ4n) is 4.39. The summed E-state index contributed by atoms with van der Waals surface area (Å²) in [7, 11) is 0. The lowest BCUT2D eigenvalue weighted by atomic mass is 9.92. The molecular weight excluding hydrogens is 522 g/mol. The zero-order chi connectivity index (χ0) is 29.8. The Morgan fingerprint density at radius 2 is 1.90 bits per heavy atom. The number of nitrogens with zero attached hydrogens (tertiary/aromatic N) is 2. The number of carboxylic acid groups (broad SMARTS) is 1. The van der Waals surface area contributed by atoms with Crippen molar-refractivity contribution in [3.63, 3.8) is 0 Å². The zero-order valence-electron chi connectivity index (χ0n) is 24.0. The summed E-state index contributed by atoms with van der Waals surface area (Å²) in [6, 6.07) is 11.7. The van der Waals surface area contributed by atoms with E-state index in [1.54, 1.807) is 23.2 Å². The summed E-state index contributed by atoms with van der Waals surface area (Å²) >= 11 is 0. The number of allylic oxidation sites excluding steroid dienone is 3. The van der Waals surface area contributed by atoms with Crippen LogP contribution >= 0.6 is 0 Å². The summed E-state index contributed by atoms with van der Waals surface area (Å²) in [6.07, 6.45) is 8.39. The Bertz CT molecular complexity index is 1220. The number of carbonyl (C=O) groups is 3. The number of hydrogen-bond acceptors (Lipinski definition) is 7. The Labute approximate surface area is 241 Å². The van der Waals surface area contributed by atoms with Crippen LogP contribution < -0.4 is 16.4 Å². The molecule has 1 unspecified atom stereocenters. The third-order valence-electron chi connectivity index (χ3n) is 6.54. The van der Waals surface area contributed by atoms with Crippen LogP contribution in [0, 0.1) is 0 Å². The lowest BCUT2D eigenvalue weighted by molar-refractivity contribution is -0.139. The number of pyridine rings is 1. The Morgan fingerprint density at radius 1 is 1.15 bits per heavy atom. The van der Waals surface area contributed by atoms with Gasteiger partial charge >= 0.3 is 12.1 Å². The van der Waals surface area contributed by atoms with Gasteiger partial charge < -0.3 is 26.2 Å². The minimum Gasteiger partial charge on any atom is -0.480 e. The maximum absolute atomic E-state index is 12.8. The molecule has 0 aliphatic carbocycles. The smallest absolute Gasteiger partial charge is 0.414 e. The normalized spacial score (nSPS) is 14.6. The number of amides is 2. The topological polar surface area (TPSA) is 147 Å². The second-order valence-corrected chi connectivity index (χ2v) is 10.9. The van der Waals surface area contributed by atoms with E-state index in [0.29, 0.717) is 51.0 Å². The van der Waals surface area contributed by atoms with Crippen LogP contribution in [0.5, 0.6) is 0 Å². The van der Waals surface area contributed by atoms with Crippen molar-refractivity contribution in [2.45, 2.75) is 64.1 Å². The van der Waals surface area contributed by atoms with Gasteiger partial charge in [0.25, 0.3) is 5.91 Å². The predicted octanol–water partition coefficient (Wildman–Crippen LogP) is 3.96. The number of carbonyl (C=O) groups excluding carboxylic acids is 2. The van der Waals surface area contributed by atoms with Gasteiger partial charge in [-0.15, -0.1) is 0 Å². The van der Waals surface area contributed by atoms with Crippen molar-refractivity contribution in [1.29, 1.82) is 0 Å². The number of benzene rings is 1. The van der Waals surface area contributed by atoms with E-state index in [1.165, 1.54) is 0 Å². The average molecular weight is 564 g/mol. The molecule has 0 saturated carbocycles. The number of ether oxygens (including phenoxy) is 1. The van der Waals surface area contributed by atoms with Crippen LogP contribution in [0.4, 0.5) is 4.79 Å². The van der Waals surface area contributed by atoms with Crippen molar-refractivity contribution in [3.05, 3.63) is 89.4 Å². The number of hydrogen-bond donors (Lipinski definition) is 4. The molecule has 10 nitrogen and oxygen atoms in total. The van der Waals surface area contributed by atoms with Gasteiger partial charge in [0.2, 0.25) is 0 Å². The lowest BCUT2D eigenvalue weighted by Crippen LogP contribution is -2.41. The first-order valence-electron chi connectivity index (χ1n) is 13.9. The van der Waals surface area contributed by atoms with Crippen LogP contribution in [0.1, 0.15) is 67.6 Å². The van der Waals surface area contributed by atoms with E-state index >= 15 is 0 Å². The molecule has 1 aromatic heterocycles. The van der Waals surface area contributed by atoms with Gasteiger partial charge in [0.05, 0.1) is 5.69 Å². The van der Waals surface area contributed by atoms with E-state index in [9.17, 15) is 19.5 Å². The van der Waals surface area contributed by atoms with E-state index in [2.05, 4.69) is 15.6 Å². The molecule has 2 amide bonds. The molecule has 3 rings (SSSR count). The molecule has 0 spiro atoms. The summed E-state index contributed by atoms with van der Waals surface area (Å²) in [5.74, 6) is -1.63. The van der Waals surface area contributed by atoms with E-state index in [4.69, 9.17) is 10.5 Å². The van der Waals surface area contributed by atoms with Crippen molar-refractivity contribution in [2.75, 3.05) is 19.6 Å². The highest BCUT2D eigenvalue weighted by molar-refractivity contribution is 5.96. The molecule has 2 atom stereocenters. The highest BCUT2D eigenvalue weighted by Crippen LogP contribution is 2.28. The van der Waals surface area contributed by atoms with E-state index in [1.807, 2.05) is 69.3 Å². The Morgan fingerprint density at radius 3 is 2.54 bits per heavy atom. The number of nitrogens with two attached hydrogens (primary N) is 1. The average Bonchev–Trinajstić information content (AvgIpc) is 2.95. The number of rotatable bonds is 13. The second kappa shape index (κ2) is 15.1. The van der Waals surface area contributed by atoms with Crippen LogP contribution in [0.2, 0.25) is 0 Å². The molecule has 2 aromatic rings. The molecule has 5 N–H and O–H groups in total. The van der Waals surface area contributed by atoms with Gasteiger partial charge in [-0.1, -0.05) is 30.4 Å². The van der Waals surface area contributed by atoms with Crippen LogP contribution in [0.25, 0.3) is 0 Å². The quantitative estimate of drug-likeness (QED) is 0.268. The van der Waals surface area contributed by atoms with Gasteiger partial charge in [0, 0.05) is 36.5 Å². The molecule has 10 heteroatoms. The minimum absolute atomic E-state index is 0.0971. The Hall–Kier alpha value is -4.02. The van der Waals surface area contributed by atoms with Crippen LogP contribution in [0.15, 0.2) is 72.6 Å². The van der Waals surface area contributed by atoms with E-state index in [-0.39, 0.29) is 5.92 Å². The van der Waals surface area contributed by atoms with Gasteiger partial charge in [0.1, 0.15) is 11.6 Å². The second-order valence-electron chi connectivity index (χ2n) is 10.9. The molecule has 220 valence electrons. The first-order valence-corrected chi connectivity index (χ1v) is 13.9. The van der Waals surface area contributed by atoms with Gasteiger partial charge in [-0.05, 0) is 89.0 Å². The van der Waals surface area contributed by atoms with Crippen molar-refractivity contribution in [1.82, 2.24) is 20.5 Å². The van der Waals surface area contributed by atoms with Crippen LogP contribution in [-0.4, -0.2) is 64.2 Å². The number of aromatic nitrogens is 1. The van der Waals surface area contributed by atoms with Crippen molar-refractivity contribution in [3.8, 4) is 0 Å². The molecule has 1 aliphatic heterocycles. The highest BCUT2D eigenvalue weighted by Gasteiger charge is 2.27. The third-order valence-corrected chi connectivity index (χ3v) is 6.54. The number of carboxylic acids is 1. The third kappa shape index (κ3) is 10.1. The number of nitrogens with one attached hydrogen (secondary N) is 2. The van der Waals surface area contributed by atoms with Gasteiger partial charge in [-0.2, -0.15) is 0 Å². The molecule has 2 heterocycles. The summed E-state index contributed by atoms with van der Waals surface area (Å²) in [5.41, 5.74) is 8.49. The van der Waals surface area contributed by atoms with Crippen molar-refractivity contribution in [2.24, 2.45) is 5.73 Å². The Balaban J connectivity index is 1.55. The predicted molar refractivity (Wildman–Crippen MR) is 157 cm³/mol. The summed E-state index contributed by atoms with van der Waals surface area (Å²) in [5, 5.41) is 15.5. The summed E-state index contributed by atoms with van der Waals surface area (Å²) in [6.45, 7) is 7.43. The zero-order valence-corrected chi connectivity index (χ0v) is 24.0. The van der Waals surface area contributed by atoms with E-state index in [0.717, 1.165) is 17.0 Å². The monoisotopic (exact) mass is 563 g/mol. The molecule has 0 radical (unpaired) electrons. The van der Waals surface area contributed by atoms with Crippen molar-refractivity contribution < 1.29 is 24.2 Å². The van der Waals surface area contributed by atoms with Crippen LogP contribution in [0.3, 0.4) is 0 Å². The molecule has 41 heavy (non-hydrogen) atoms. The van der Waals surface area contributed by atoms with Crippen LogP contribution in [-0.2, 0) is 16.1 Å². The molecule has 1 aromatic carbocycles. The minimum atomic E-state index is -1.08. The van der Waals surface area contributed by atoms with Gasteiger partial charge in [-0.3, -0.25) is 14.7 Å². The molecule has 1 aliphatic rings. The standard InChI is InChI=1S/C31H41N5O5/c1-31(2,3)41-30(40)36-18-7-5-10-26(36)19-24(20-32)22-12-14-23(15-13-22)28(37)35-27(29(38)39)11-8-16-33-21-25-9-4-6-17-34-25/h4-7,9-10,12-15,17,24,27,33H,8,11,16,18-21,32H2,1-3H3,(H,35,37)(H,38,39)/t24?,27-/m0/s1. The highest BCUT2D eigenvalue weighted by atomic mass is 16.6. The fraction of sp³-hybridized carbons (Fsp3) is 0.419. The molecule has 0 bridgehead atoms. The van der Waals surface area contributed by atoms with Gasteiger partial charge in [-0.25, -0.2) is 9.59 Å². The maximum Gasteiger partial charge on any atom is 0.414 e. The maximum atomic E-state index is 12.8. The SMILES string of the molecule is CC(C)(C)OC(=O)N1CC=CC=C1CC(CN)c1ccc(C(=O)N[C@@H](CCCNCc2ccccn2)C(=O)O)cc1.